The lowest BCUT2D eigenvalue weighted by atomic mass is 10.00. The molecule has 1 aromatic rings. The molecule has 1 radical (unpaired) electrons. The Labute approximate surface area is 111 Å². The van der Waals surface area contributed by atoms with E-state index in [0.29, 0.717) is 11.5 Å². The summed E-state index contributed by atoms with van der Waals surface area (Å²) in [5.41, 5.74) is -0.387. The van der Waals surface area contributed by atoms with E-state index in [1.54, 1.807) is 11.8 Å². The molecule has 0 saturated carbocycles. The first-order chi connectivity index (χ1) is 7.88. The lowest BCUT2D eigenvalue weighted by Crippen LogP contribution is -2.19. The zero-order chi connectivity index (χ0) is 12.6. The Kier molecular flexibility index (Phi) is 3.86. The summed E-state index contributed by atoms with van der Waals surface area (Å²) < 4.78 is 38.0. The fourth-order valence-corrected chi connectivity index (χ4v) is 2.68. The van der Waals surface area contributed by atoms with Crippen LogP contribution in [0.5, 0.6) is 0 Å². The van der Waals surface area contributed by atoms with Crippen molar-refractivity contribution in [2.45, 2.75) is 6.18 Å². The largest absolute Gasteiger partial charge is 0.417 e. The molecule has 93 valence electrons. The summed E-state index contributed by atoms with van der Waals surface area (Å²) in [6, 6.07) is 2.53. The van der Waals surface area contributed by atoms with Gasteiger partial charge in [0.2, 0.25) is 0 Å². The smallest absolute Gasteiger partial charge is 0.166 e. The summed E-state index contributed by atoms with van der Waals surface area (Å²) in [6.45, 7) is 0. The first-order valence-corrected chi connectivity index (χ1v) is 6.78. The van der Waals surface area contributed by atoms with Crippen LogP contribution in [0.15, 0.2) is 12.1 Å². The Bertz CT molecular complexity index is 427. The second-order valence-corrected chi connectivity index (χ2v) is 5.69. The van der Waals surface area contributed by atoms with Crippen LogP contribution in [0.4, 0.5) is 13.2 Å². The molecule has 1 aromatic carbocycles. The van der Waals surface area contributed by atoms with Gasteiger partial charge in [0.1, 0.15) is 0 Å². The molecule has 0 atom stereocenters. The molecule has 0 spiro atoms. The van der Waals surface area contributed by atoms with E-state index in [9.17, 15) is 13.2 Å². The van der Waals surface area contributed by atoms with Gasteiger partial charge in [-0.1, -0.05) is 23.2 Å². The fraction of sp³-hybridized carbons (Fsp3) is 0.364. The van der Waals surface area contributed by atoms with Crippen LogP contribution in [0.2, 0.25) is 10.0 Å². The number of alkyl halides is 3. The predicted molar refractivity (Wildman–Crippen MR) is 65.7 cm³/mol. The highest BCUT2D eigenvalue weighted by Gasteiger charge is 2.34. The van der Waals surface area contributed by atoms with E-state index in [1.165, 1.54) is 6.07 Å². The van der Waals surface area contributed by atoms with Crippen molar-refractivity contribution < 1.29 is 13.2 Å². The van der Waals surface area contributed by atoms with Crippen molar-refractivity contribution in [3.63, 3.8) is 0 Å². The Hall–Kier alpha value is -0.0600. The summed E-state index contributed by atoms with van der Waals surface area (Å²) >= 11 is 13.0. The highest BCUT2D eigenvalue weighted by Crippen LogP contribution is 2.40. The van der Waals surface area contributed by atoms with Crippen LogP contribution < -0.4 is 0 Å². The van der Waals surface area contributed by atoms with E-state index in [-0.39, 0.29) is 5.02 Å². The van der Waals surface area contributed by atoms with Crippen molar-refractivity contribution in [1.29, 1.82) is 0 Å². The predicted octanol–water partition coefficient (Wildman–Crippen LogP) is 4.93. The first kappa shape index (κ1) is 13.4. The van der Waals surface area contributed by atoms with Crippen LogP contribution in [0.3, 0.4) is 0 Å². The SMILES string of the molecule is FC(F)(F)c1cc([CH]C2CSC2)cc(Cl)c1Cl. The Balaban J connectivity index is 2.31. The molecule has 0 unspecified atom stereocenters. The molecule has 0 amide bonds. The summed E-state index contributed by atoms with van der Waals surface area (Å²) in [5.74, 6) is 2.22. The molecule has 1 heterocycles. The van der Waals surface area contributed by atoms with E-state index in [2.05, 4.69) is 0 Å². The van der Waals surface area contributed by atoms with Crippen molar-refractivity contribution in [3.05, 3.63) is 39.7 Å². The third-order valence-electron chi connectivity index (χ3n) is 2.45. The molecule has 2 rings (SSSR count). The number of thioether (sulfide) groups is 1. The minimum atomic E-state index is -4.47. The molecule has 0 N–H and O–H groups in total. The average molecular weight is 300 g/mol. The average Bonchev–Trinajstić information content (AvgIpc) is 2.15. The summed E-state index contributed by atoms with van der Waals surface area (Å²) in [6.07, 6.45) is -2.66. The highest BCUT2D eigenvalue weighted by molar-refractivity contribution is 8.00. The van der Waals surface area contributed by atoms with Crippen LogP contribution in [0, 0.1) is 12.3 Å². The lowest BCUT2D eigenvalue weighted by Gasteiger charge is -2.25. The van der Waals surface area contributed by atoms with E-state index >= 15 is 0 Å². The monoisotopic (exact) mass is 299 g/mol. The van der Waals surface area contributed by atoms with E-state index < -0.39 is 16.8 Å². The van der Waals surface area contributed by atoms with Crippen molar-refractivity contribution in [2.24, 2.45) is 5.92 Å². The third-order valence-corrected chi connectivity index (χ3v) is 4.58. The minimum Gasteiger partial charge on any atom is -0.166 e. The van der Waals surface area contributed by atoms with Crippen molar-refractivity contribution >= 4 is 35.0 Å². The van der Waals surface area contributed by atoms with Crippen molar-refractivity contribution in [2.75, 3.05) is 11.5 Å². The van der Waals surface area contributed by atoms with Gasteiger partial charge in [0.05, 0.1) is 15.6 Å². The van der Waals surface area contributed by atoms with Gasteiger partial charge in [0.25, 0.3) is 0 Å². The molecule has 1 fully saturated rings. The molecule has 0 bridgehead atoms. The maximum absolute atomic E-state index is 12.7. The van der Waals surface area contributed by atoms with Gasteiger partial charge in [-0.05, 0) is 41.5 Å². The van der Waals surface area contributed by atoms with Crippen LogP contribution in [0.25, 0.3) is 0 Å². The van der Waals surface area contributed by atoms with Gasteiger partial charge < -0.3 is 0 Å². The molecular formula is C11H8Cl2F3S. The molecule has 0 nitrogen and oxygen atoms in total. The molecule has 0 aromatic heterocycles. The van der Waals surface area contributed by atoms with Crippen molar-refractivity contribution in [3.8, 4) is 0 Å². The van der Waals surface area contributed by atoms with E-state index in [4.69, 9.17) is 23.2 Å². The van der Waals surface area contributed by atoms with E-state index in [1.807, 2.05) is 6.42 Å². The van der Waals surface area contributed by atoms with Gasteiger partial charge in [0, 0.05) is 0 Å². The van der Waals surface area contributed by atoms with Gasteiger partial charge in [0.15, 0.2) is 0 Å². The van der Waals surface area contributed by atoms with Gasteiger partial charge in [-0.25, -0.2) is 0 Å². The van der Waals surface area contributed by atoms with Gasteiger partial charge in [-0.3, -0.25) is 0 Å². The second-order valence-electron chi connectivity index (χ2n) is 3.83. The Morgan fingerprint density at radius 3 is 2.35 bits per heavy atom. The van der Waals surface area contributed by atoms with Gasteiger partial charge in [-0.2, -0.15) is 24.9 Å². The maximum Gasteiger partial charge on any atom is 0.417 e. The first-order valence-electron chi connectivity index (χ1n) is 4.87. The number of rotatable bonds is 2. The van der Waals surface area contributed by atoms with Gasteiger partial charge in [-0.15, -0.1) is 0 Å². The summed E-state index contributed by atoms with van der Waals surface area (Å²) in [4.78, 5) is 0. The Morgan fingerprint density at radius 2 is 1.88 bits per heavy atom. The quantitative estimate of drug-likeness (QED) is 0.746. The van der Waals surface area contributed by atoms with Crippen LogP contribution in [-0.4, -0.2) is 11.5 Å². The van der Waals surface area contributed by atoms with Crippen molar-refractivity contribution in [1.82, 2.24) is 0 Å². The lowest BCUT2D eigenvalue weighted by molar-refractivity contribution is -0.137. The molecular weight excluding hydrogens is 292 g/mol. The molecule has 1 aliphatic rings. The fourth-order valence-electron chi connectivity index (χ4n) is 1.53. The van der Waals surface area contributed by atoms with Gasteiger partial charge >= 0.3 is 6.18 Å². The third kappa shape index (κ3) is 3.04. The number of hydrogen-bond donors (Lipinski definition) is 0. The Morgan fingerprint density at radius 1 is 1.24 bits per heavy atom. The molecule has 0 aliphatic carbocycles. The zero-order valence-corrected chi connectivity index (χ0v) is 10.9. The van der Waals surface area contributed by atoms with Crippen LogP contribution in [0.1, 0.15) is 11.1 Å². The maximum atomic E-state index is 12.7. The highest BCUT2D eigenvalue weighted by atomic mass is 35.5. The zero-order valence-electron chi connectivity index (χ0n) is 8.52. The standard InChI is InChI=1S/C11H8Cl2F3S/c12-9-3-6(1-7-4-17-5-7)2-8(10(9)13)11(14,15)16/h1-3,7H,4-5H2. The van der Waals surface area contributed by atoms with Crippen LogP contribution >= 0.6 is 35.0 Å². The number of benzene rings is 1. The van der Waals surface area contributed by atoms with E-state index in [0.717, 1.165) is 17.6 Å². The molecule has 17 heavy (non-hydrogen) atoms. The topological polar surface area (TPSA) is 0 Å². The number of hydrogen-bond acceptors (Lipinski definition) is 1. The summed E-state index contributed by atoms with van der Waals surface area (Å²) in [5, 5.41) is -0.487. The summed E-state index contributed by atoms with van der Waals surface area (Å²) in [7, 11) is 0. The molecule has 1 aliphatic heterocycles. The molecule has 1 saturated heterocycles. The minimum absolute atomic E-state index is 0.0558. The normalized spacial score (nSPS) is 17.0. The van der Waals surface area contributed by atoms with Crippen LogP contribution in [-0.2, 0) is 6.18 Å². The second kappa shape index (κ2) is 4.90. The number of halogens is 5. The molecule has 6 heteroatoms.